The standard InChI is InChI=1S/C8H9I2N3/c9-6-7(10)13-8(12-6)5-2-3-1-4(3)11-5/h3-5,11H,1-2H2,(H,12,13)/t3-,4-,5+/m1/s1. The van der Waals surface area contributed by atoms with Gasteiger partial charge in [-0.15, -0.1) is 0 Å². The largest absolute Gasteiger partial charge is 0.335 e. The lowest BCUT2D eigenvalue weighted by Crippen LogP contribution is -2.18. The van der Waals surface area contributed by atoms with Gasteiger partial charge in [-0.3, -0.25) is 0 Å². The van der Waals surface area contributed by atoms with E-state index in [9.17, 15) is 0 Å². The number of aromatic nitrogens is 2. The summed E-state index contributed by atoms with van der Waals surface area (Å²) in [5, 5.41) is 3.58. The smallest absolute Gasteiger partial charge is 0.133 e. The molecule has 5 heteroatoms. The number of rotatable bonds is 1. The molecular weight excluding hydrogens is 392 g/mol. The molecule has 2 heterocycles. The molecule has 2 N–H and O–H groups in total. The molecule has 0 radical (unpaired) electrons. The Morgan fingerprint density at radius 2 is 2.15 bits per heavy atom. The minimum absolute atomic E-state index is 0.487. The maximum Gasteiger partial charge on any atom is 0.133 e. The predicted octanol–water partition coefficient (Wildman–Crippen LogP) is 2.04. The normalized spacial score (nSPS) is 36.3. The molecule has 3 nitrogen and oxygen atoms in total. The first-order valence-electron chi connectivity index (χ1n) is 4.41. The average Bonchev–Trinajstić information content (AvgIpc) is 2.54. The lowest BCUT2D eigenvalue weighted by molar-refractivity contribution is 0.542. The number of hydrogen-bond donors (Lipinski definition) is 2. The van der Waals surface area contributed by atoms with Crippen molar-refractivity contribution >= 4 is 45.2 Å². The van der Waals surface area contributed by atoms with E-state index in [-0.39, 0.29) is 0 Å². The number of nitrogens with one attached hydrogen (secondary N) is 2. The first-order chi connectivity index (χ1) is 6.24. The summed E-state index contributed by atoms with van der Waals surface area (Å²) in [6.45, 7) is 0. The highest BCUT2D eigenvalue weighted by Crippen LogP contribution is 2.45. The van der Waals surface area contributed by atoms with Crippen LogP contribution in [0.5, 0.6) is 0 Å². The minimum atomic E-state index is 0.487. The van der Waals surface area contributed by atoms with E-state index in [1.165, 1.54) is 12.8 Å². The van der Waals surface area contributed by atoms with Crippen molar-refractivity contribution in [2.45, 2.75) is 24.9 Å². The highest BCUT2D eigenvalue weighted by molar-refractivity contribution is 14.1. The molecule has 0 spiro atoms. The number of aromatic amines is 1. The summed E-state index contributed by atoms with van der Waals surface area (Å²) in [5.41, 5.74) is 0. The lowest BCUT2D eigenvalue weighted by atomic mass is 10.2. The molecule has 1 aliphatic carbocycles. The zero-order chi connectivity index (χ0) is 9.00. The number of imidazole rings is 1. The van der Waals surface area contributed by atoms with Gasteiger partial charge < -0.3 is 10.3 Å². The number of nitrogens with zero attached hydrogens (tertiary/aromatic N) is 1. The summed E-state index contributed by atoms with van der Waals surface area (Å²) in [5.74, 6) is 2.06. The Morgan fingerprint density at radius 1 is 1.31 bits per heavy atom. The Labute approximate surface area is 104 Å². The molecule has 1 aliphatic heterocycles. The van der Waals surface area contributed by atoms with E-state index < -0.39 is 0 Å². The number of hydrogen-bond acceptors (Lipinski definition) is 2. The summed E-state index contributed by atoms with van der Waals surface area (Å²) < 4.78 is 2.26. The fourth-order valence-electron chi connectivity index (χ4n) is 2.04. The van der Waals surface area contributed by atoms with Gasteiger partial charge in [-0.2, -0.15) is 0 Å². The van der Waals surface area contributed by atoms with Gasteiger partial charge in [0.15, 0.2) is 0 Å². The highest BCUT2D eigenvalue weighted by atomic mass is 127. The van der Waals surface area contributed by atoms with E-state index in [1.807, 2.05) is 0 Å². The van der Waals surface area contributed by atoms with Gasteiger partial charge in [0.25, 0.3) is 0 Å². The summed E-state index contributed by atoms with van der Waals surface area (Å²) in [7, 11) is 0. The molecule has 2 fully saturated rings. The van der Waals surface area contributed by atoms with E-state index in [4.69, 9.17) is 0 Å². The highest BCUT2D eigenvalue weighted by Gasteiger charge is 2.46. The molecule has 0 amide bonds. The molecule has 1 saturated carbocycles. The van der Waals surface area contributed by atoms with Gasteiger partial charge in [0.1, 0.15) is 13.2 Å². The first kappa shape index (κ1) is 8.90. The van der Waals surface area contributed by atoms with E-state index in [1.54, 1.807) is 0 Å². The number of H-pyrrole nitrogens is 1. The zero-order valence-electron chi connectivity index (χ0n) is 6.85. The van der Waals surface area contributed by atoms with Crippen LogP contribution in [-0.2, 0) is 0 Å². The second-order valence-electron chi connectivity index (χ2n) is 3.78. The maximum atomic E-state index is 4.51. The molecule has 1 aromatic heterocycles. The van der Waals surface area contributed by atoms with E-state index in [2.05, 4.69) is 60.5 Å². The molecule has 3 atom stereocenters. The van der Waals surface area contributed by atoms with Crippen LogP contribution in [0, 0.1) is 13.3 Å². The SMILES string of the molecule is Ic1nc([C@@H]2C[C@H]3C[C@H]3N2)[nH]c1I. The van der Waals surface area contributed by atoms with E-state index >= 15 is 0 Å². The van der Waals surface area contributed by atoms with Crippen molar-refractivity contribution in [2.24, 2.45) is 5.92 Å². The number of fused-ring (bicyclic) bond motifs is 1. The third-order valence-corrected chi connectivity index (χ3v) is 5.44. The Balaban J connectivity index is 1.84. The molecular formula is C8H9I2N3. The van der Waals surface area contributed by atoms with Crippen molar-refractivity contribution in [3.63, 3.8) is 0 Å². The van der Waals surface area contributed by atoms with Crippen LogP contribution in [0.15, 0.2) is 0 Å². The van der Waals surface area contributed by atoms with E-state index in [0.717, 1.165) is 25.2 Å². The monoisotopic (exact) mass is 401 g/mol. The van der Waals surface area contributed by atoms with Crippen LogP contribution in [0.3, 0.4) is 0 Å². The van der Waals surface area contributed by atoms with Crippen LogP contribution in [0.1, 0.15) is 24.7 Å². The summed E-state index contributed by atoms with van der Waals surface area (Å²) in [6.07, 6.45) is 2.65. The Bertz CT molecular complexity index is 320. The first-order valence-corrected chi connectivity index (χ1v) is 6.57. The van der Waals surface area contributed by atoms with E-state index in [0.29, 0.717) is 6.04 Å². The number of halogens is 2. The molecule has 1 saturated heterocycles. The van der Waals surface area contributed by atoms with Gasteiger partial charge >= 0.3 is 0 Å². The molecule has 1 aromatic rings. The van der Waals surface area contributed by atoms with Gasteiger partial charge in [0, 0.05) is 6.04 Å². The average molecular weight is 401 g/mol. The molecule has 13 heavy (non-hydrogen) atoms. The third kappa shape index (κ3) is 1.52. The Morgan fingerprint density at radius 3 is 2.69 bits per heavy atom. The lowest BCUT2D eigenvalue weighted by Gasteiger charge is -2.08. The molecule has 0 bridgehead atoms. The van der Waals surface area contributed by atoms with Gasteiger partial charge in [-0.25, -0.2) is 4.98 Å². The molecule has 70 valence electrons. The van der Waals surface area contributed by atoms with Crippen LogP contribution in [0.4, 0.5) is 0 Å². The third-order valence-electron chi connectivity index (χ3n) is 2.84. The van der Waals surface area contributed by atoms with Crippen LogP contribution < -0.4 is 5.32 Å². The summed E-state index contributed by atoms with van der Waals surface area (Å²) >= 11 is 4.57. The van der Waals surface area contributed by atoms with Crippen LogP contribution in [0.25, 0.3) is 0 Å². The van der Waals surface area contributed by atoms with Crippen molar-refractivity contribution in [1.29, 1.82) is 0 Å². The van der Waals surface area contributed by atoms with Crippen LogP contribution in [0.2, 0.25) is 0 Å². The molecule has 0 aromatic carbocycles. The van der Waals surface area contributed by atoms with Crippen molar-refractivity contribution in [1.82, 2.24) is 15.3 Å². The summed E-state index contributed by atoms with van der Waals surface area (Å²) in [6, 6.07) is 1.28. The van der Waals surface area contributed by atoms with Crippen molar-refractivity contribution in [2.75, 3.05) is 0 Å². The van der Waals surface area contributed by atoms with Crippen LogP contribution in [-0.4, -0.2) is 16.0 Å². The molecule has 0 unspecified atom stereocenters. The van der Waals surface area contributed by atoms with Gasteiger partial charge in [0.2, 0.25) is 0 Å². The fraction of sp³-hybridized carbons (Fsp3) is 0.625. The van der Waals surface area contributed by atoms with Crippen molar-refractivity contribution in [3.05, 3.63) is 13.2 Å². The zero-order valence-corrected chi connectivity index (χ0v) is 11.2. The summed E-state index contributed by atoms with van der Waals surface area (Å²) in [4.78, 5) is 7.84. The number of piperidine rings is 1. The van der Waals surface area contributed by atoms with Crippen molar-refractivity contribution < 1.29 is 0 Å². The van der Waals surface area contributed by atoms with Crippen LogP contribution >= 0.6 is 45.2 Å². The molecule has 2 aliphatic rings. The van der Waals surface area contributed by atoms with Crippen molar-refractivity contribution in [3.8, 4) is 0 Å². The fourth-order valence-corrected chi connectivity index (χ4v) is 2.84. The van der Waals surface area contributed by atoms with Gasteiger partial charge in [-0.1, -0.05) is 0 Å². The van der Waals surface area contributed by atoms with Gasteiger partial charge in [-0.05, 0) is 63.9 Å². The molecule has 3 rings (SSSR count). The topological polar surface area (TPSA) is 40.7 Å². The Kier molecular flexibility index (Phi) is 2.09. The quantitative estimate of drug-likeness (QED) is 0.708. The minimum Gasteiger partial charge on any atom is -0.335 e. The predicted molar refractivity (Wildman–Crippen MR) is 66.4 cm³/mol. The maximum absolute atomic E-state index is 4.51. The Hall–Kier alpha value is 0.630. The second kappa shape index (κ2) is 3.06. The van der Waals surface area contributed by atoms with Gasteiger partial charge in [0.05, 0.1) is 6.04 Å². The second-order valence-corrected chi connectivity index (χ2v) is 5.88.